The summed E-state index contributed by atoms with van der Waals surface area (Å²) >= 11 is 0. The van der Waals surface area contributed by atoms with Crippen molar-refractivity contribution in [3.63, 3.8) is 0 Å². The fourth-order valence-electron chi connectivity index (χ4n) is 2.02. The van der Waals surface area contributed by atoms with Crippen LogP contribution in [0, 0.1) is 20.8 Å². The summed E-state index contributed by atoms with van der Waals surface area (Å²) in [7, 11) is 0. The molecule has 0 bridgehead atoms. The molecule has 2 amide bonds. The number of carbonyl (C=O) groups is 1. The van der Waals surface area contributed by atoms with E-state index in [1.165, 1.54) is 11.1 Å². The maximum Gasteiger partial charge on any atom is 0.319 e. The summed E-state index contributed by atoms with van der Waals surface area (Å²) in [6.07, 6.45) is 0. The van der Waals surface area contributed by atoms with Gasteiger partial charge in [0, 0.05) is 5.69 Å². The Labute approximate surface area is 131 Å². The molecule has 0 aliphatic carbocycles. The average Bonchev–Trinajstić information content (AvgIpc) is 2.49. The highest BCUT2D eigenvalue weighted by Gasteiger charge is 2.03. The molecule has 0 aliphatic heterocycles. The van der Waals surface area contributed by atoms with Crippen molar-refractivity contribution in [2.45, 2.75) is 20.8 Å². The van der Waals surface area contributed by atoms with Crippen LogP contribution < -0.4 is 15.4 Å². The highest BCUT2D eigenvalue weighted by atomic mass is 16.5. The van der Waals surface area contributed by atoms with Crippen LogP contribution in [0.5, 0.6) is 5.75 Å². The normalized spacial score (nSPS) is 10.1. The van der Waals surface area contributed by atoms with Crippen molar-refractivity contribution < 1.29 is 9.53 Å². The molecular weight excluding hydrogens is 276 g/mol. The Hall–Kier alpha value is -2.49. The van der Waals surface area contributed by atoms with E-state index < -0.39 is 0 Å². The van der Waals surface area contributed by atoms with Crippen molar-refractivity contribution >= 4 is 11.7 Å². The number of hydrogen-bond acceptors (Lipinski definition) is 2. The van der Waals surface area contributed by atoms with Gasteiger partial charge < -0.3 is 15.4 Å². The van der Waals surface area contributed by atoms with Crippen LogP contribution in [-0.4, -0.2) is 19.2 Å². The minimum atomic E-state index is -0.224. The SMILES string of the molecule is Cc1ccc(OCCNC(=O)Nc2ccccc2C)cc1C. The van der Waals surface area contributed by atoms with E-state index in [2.05, 4.69) is 24.5 Å². The molecule has 4 heteroatoms. The summed E-state index contributed by atoms with van der Waals surface area (Å²) < 4.78 is 5.62. The largest absolute Gasteiger partial charge is 0.492 e. The number of rotatable bonds is 5. The Bertz CT molecular complexity index is 653. The molecule has 2 aromatic carbocycles. The van der Waals surface area contributed by atoms with Crippen LogP contribution in [0.1, 0.15) is 16.7 Å². The van der Waals surface area contributed by atoms with Gasteiger partial charge >= 0.3 is 6.03 Å². The standard InChI is InChI=1S/C18H22N2O2/c1-13-8-9-16(12-15(13)3)22-11-10-19-18(21)20-17-7-5-4-6-14(17)2/h4-9,12H,10-11H2,1-3H3,(H2,19,20,21). The lowest BCUT2D eigenvalue weighted by atomic mass is 10.1. The van der Waals surface area contributed by atoms with Gasteiger partial charge in [0.05, 0.1) is 6.54 Å². The van der Waals surface area contributed by atoms with Gasteiger partial charge in [-0.25, -0.2) is 4.79 Å². The fraction of sp³-hybridized carbons (Fsp3) is 0.278. The highest BCUT2D eigenvalue weighted by molar-refractivity contribution is 5.89. The predicted octanol–water partition coefficient (Wildman–Crippen LogP) is 3.81. The second kappa shape index (κ2) is 7.50. The zero-order valence-corrected chi connectivity index (χ0v) is 13.3. The lowest BCUT2D eigenvalue weighted by Gasteiger charge is -2.11. The number of benzene rings is 2. The first-order valence-electron chi connectivity index (χ1n) is 7.37. The molecule has 116 valence electrons. The van der Waals surface area contributed by atoms with Crippen molar-refractivity contribution in [3.8, 4) is 5.75 Å². The number of aryl methyl sites for hydroxylation is 3. The van der Waals surface area contributed by atoms with Gasteiger partial charge in [0.15, 0.2) is 0 Å². The molecule has 4 nitrogen and oxygen atoms in total. The summed E-state index contributed by atoms with van der Waals surface area (Å²) in [5, 5.41) is 5.60. The Balaban J connectivity index is 1.73. The first-order chi connectivity index (χ1) is 10.6. The topological polar surface area (TPSA) is 50.4 Å². The van der Waals surface area contributed by atoms with E-state index in [1.54, 1.807) is 0 Å². The van der Waals surface area contributed by atoms with Crippen molar-refractivity contribution in [1.82, 2.24) is 5.32 Å². The molecular formula is C18H22N2O2. The summed E-state index contributed by atoms with van der Waals surface area (Å²) in [6, 6.07) is 13.4. The lowest BCUT2D eigenvalue weighted by molar-refractivity contribution is 0.247. The number of para-hydroxylation sites is 1. The number of hydrogen-bond donors (Lipinski definition) is 2. The van der Waals surface area contributed by atoms with Gasteiger partial charge in [-0.1, -0.05) is 24.3 Å². The van der Waals surface area contributed by atoms with E-state index in [-0.39, 0.29) is 6.03 Å². The van der Waals surface area contributed by atoms with Crippen LogP contribution in [-0.2, 0) is 0 Å². The number of carbonyl (C=O) groups excluding carboxylic acids is 1. The van der Waals surface area contributed by atoms with Crippen molar-refractivity contribution in [1.29, 1.82) is 0 Å². The maximum absolute atomic E-state index is 11.8. The van der Waals surface area contributed by atoms with Gasteiger partial charge in [-0.2, -0.15) is 0 Å². The molecule has 0 aliphatic rings. The van der Waals surface area contributed by atoms with Crippen LogP contribution in [0.2, 0.25) is 0 Å². The molecule has 0 spiro atoms. The summed E-state index contributed by atoms with van der Waals surface area (Å²) in [4.78, 5) is 11.8. The van der Waals surface area contributed by atoms with Crippen LogP contribution >= 0.6 is 0 Å². The molecule has 0 atom stereocenters. The Kier molecular flexibility index (Phi) is 5.42. The van der Waals surface area contributed by atoms with E-state index >= 15 is 0 Å². The Morgan fingerprint density at radius 2 is 1.77 bits per heavy atom. The average molecular weight is 298 g/mol. The second-order valence-corrected chi connectivity index (χ2v) is 5.29. The third-order valence-corrected chi connectivity index (χ3v) is 3.53. The minimum absolute atomic E-state index is 0.224. The molecule has 0 saturated carbocycles. The molecule has 0 heterocycles. The van der Waals surface area contributed by atoms with Crippen molar-refractivity contribution in [3.05, 3.63) is 59.2 Å². The van der Waals surface area contributed by atoms with Crippen molar-refractivity contribution in [2.75, 3.05) is 18.5 Å². The first kappa shape index (κ1) is 15.9. The van der Waals surface area contributed by atoms with E-state index in [4.69, 9.17) is 4.74 Å². The van der Waals surface area contributed by atoms with E-state index in [0.29, 0.717) is 13.2 Å². The molecule has 0 fully saturated rings. The van der Waals surface area contributed by atoms with Crippen LogP contribution in [0.4, 0.5) is 10.5 Å². The van der Waals surface area contributed by atoms with E-state index in [1.807, 2.05) is 49.4 Å². The predicted molar refractivity (Wildman–Crippen MR) is 89.6 cm³/mol. The van der Waals surface area contributed by atoms with E-state index in [9.17, 15) is 4.79 Å². The number of anilines is 1. The molecule has 22 heavy (non-hydrogen) atoms. The Morgan fingerprint density at radius 3 is 2.50 bits per heavy atom. The minimum Gasteiger partial charge on any atom is -0.492 e. The van der Waals surface area contributed by atoms with Crippen molar-refractivity contribution in [2.24, 2.45) is 0 Å². The van der Waals surface area contributed by atoms with Gasteiger partial charge in [0.25, 0.3) is 0 Å². The number of amides is 2. The summed E-state index contributed by atoms with van der Waals surface area (Å²) in [5.41, 5.74) is 4.28. The van der Waals surface area contributed by atoms with Crippen LogP contribution in [0.3, 0.4) is 0 Å². The molecule has 2 rings (SSSR count). The molecule has 0 radical (unpaired) electrons. The van der Waals surface area contributed by atoms with Gasteiger partial charge in [0.2, 0.25) is 0 Å². The van der Waals surface area contributed by atoms with Gasteiger partial charge in [-0.3, -0.25) is 0 Å². The lowest BCUT2D eigenvalue weighted by Crippen LogP contribution is -2.32. The third kappa shape index (κ3) is 4.52. The van der Waals surface area contributed by atoms with Crippen LogP contribution in [0.25, 0.3) is 0 Å². The highest BCUT2D eigenvalue weighted by Crippen LogP contribution is 2.16. The second-order valence-electron chi connectivity index (χ2n) is 5.29. The Morgan fingerprint density at radius 1 is 1.00 bits per heavy atom. The van der Waals surface area contributed by atoms with Gasteiger partial charge in [0.1, 0.15) is 12.4 Å². The molecule has 2 aromatic rings. The number of nitrogens with one attached hydrogen (secondary N) is 2. The first-order valence-corrected chi connectivity index (χ1v) is 7.37. The van der Waals surface area contributed by atoms with Gasteiger partial charge in [-0.15, -0.1) is 0 Å². The number of urea groups is 1. The molecule has 0 aromatic heterocycles. The fourth-order valence-corrected chi connectivity index (χ4v) is 2.02. The zero-order chi connectivity index (χ0) is 15.9. The molecule has 2 N–H and O–H groups in total. The maximum atomic E-state index is 11.8. The van der Waals surface area contributed by atoms with Gasteiger partial charge in [-0.05, 0) is 55.7 Å². The summed E-state index contributed by atoms with van der Waals surface area (Å²) in [5.74, 6) is 0.823. The van der Waals surface area contributed by atoms with Crippen LogP contribution in [0.15, 0.2) is 42.5 Å². The molecule has 0 unspecified atom stereocenters. The smallest absolute Gasteiger partial charge is 0.319 e. The number of ether oxygens (including phenoxy) is 1. The third-order valence-electron chi connectivity index (χ3n) is 3.53. The van der Waals surface area contributed by atoms with E-state index in [0.717, 1.165) is 17.0 Å². The molecule has 0 saturated heterocycles. The quantitative estimate of drug-likeness (QED) is 0.825. The summed E-state index contributed by atoms with van der Waals surface area (Å²) in [6.45, 7) is 6.96. The zero-order valence-electron chi connectivity index (χ0n) is 13.3. The monoisotopic (exact) mass is 298 g/mol.